The van der Waals surface area contributed by atoms with Gasteiger partial charge in [-0.2, -0.15) is 5.10 Å². The molecule has 0 saturated heterocycles. The van der Waals surface area contributed by atoms with Crippen LogP contribution in [0.5, 0.6) is 5.75 Å². The Kier molecular flexibility index (Phi) is 4.28. The molecule has 5 nitrogen and oxygen atoms in total. The normalized spacial score (nSPS) is 10.7. The van der Waals surface area contributed by atoms with E-state index < -0.39 is 5.82 Å². The van der Waals surface area contributed by atoms with Crippen LogP contribution in [-0.2, 0) is 11.3 Å². The quantitative estimate of drug-likeness (QED) is 0.856. The second-order valence-corrected chi connectivity index (χ2v) is 4.23. The summed E-state index contributed by atoms with van der Waals surface area (Å²) in [6, 6.07) is 4.60. The second kappa shape index (κ2) is 5.94. The maximum Gasteiger partial charge on any atom is 0.195 e. The van der Waals surface area contributed by atoms with Crippen LogP contribution in [-0.4, -0.2) is 35.6 Å². The summed E-state index contributed by atoms with van der Waals surface area (Å²) in [6.45, 7) is 0.977. The van der Waals surface area contributed by atoms with Gasteiger partial charge in [-0.05, 0) is 24.4 Å². The standard InChI is InChI=1S/C12H14FN3O2S/c1-17-6-5-16-11(14-15-12(16)19)9-4-3-8(18-2)7-10(9)13/h3-4,7H,5-6H2,1-2H3,(H,15,19). The molecule has 2 aromatic rings. The van der Waals surface area contributed by atoms with Gasteiger partial charge in [0.25, 0.3) is 0 Å². The topological polar surface area (TPSA) is 52.1 Å². The zero-order chi connectivity index (χ0) is 13.8. The largest absolute Gasteiger partial charge is 0.497 e. The highest BCUT2D eigenvalue weighted by Crippen LogP contribution is 2.24. The number of hydrogen-bond acceptors (Lipinski definition) is 4. The van der Waals surface area contributed by atoms with Crippen molar-refractivity contribution >= 4 is 12.2 Å². The van der Waals surface area contributed by atoms with Gasteiger partial charge in [-0.15, -0.1) is 0 Å². The van der Waals surface area contributed by atoms with E-state index in [1.54, 1.807) is 23.8 Å². The Hall–Kier alpha value is -1.73. The maximum atomic E-state index is 14.0. The van der Waals surface area contributed by atoms with Crippen LogP contribution >= 0.6 is 12.2 Å². The van der Waals surface area contributed by atoms with Gasteiger partial charge >= 0.3 is 0 Å². The Bertz CT molecular complexity index is 624. The molecule has 0 atom stereocenters. The van der Waals surface area contributed by atoms with Crippen molar-refractivity contribution in [3.05, 3.63) is 28.8 Å². The van der Waals surface area contributed by atoms with Crippen molar-refractivity contribution in [3.8, 4) is 17.1 Å². The molecule has 0 fully saturated rings. The van der Waals surface area contributed by atoms with Crippen molar-refractivity contribution in [2.24, 2.45) is 0 Å². The van der Waals surface area contributed by atoms with E-state index in [0.717, 1.165) is 0 Å². The fourth-order valence-corrected chi connectivity index (χ4v) is 1.94. The van der Waals surface area contributed by atoms with Crippen molar-refractivity contribution < 1.29 is 13.9 Å². The number of methoxy groups -OCH3 is 2. The van der Waals surface area contributed by atoms with Crippen molar-refractivity contribution in [3.63, 3.8) is 0 Å². The molecule has 1 aromatic carbocycles. The molecule has 2 rings (SSSR count). The second-order valence-electron chi connectivity index (χ2n) is 3.84. The van der Waals surface area contributed by atoms with Crippen LogP contribution < -0.4 is 4.74 Å². The molecule has 0 saturated carbocycles. The first-order valence-electron chi connectivity index (χ1n) is 5.65. The number of nitrogens with zero attached hydrogens (tertiary/aromatic N) is 2. The molecule has 19 heavy (non-hydrogen) atoms. The molecule has 0 radical (unpaired) electrons. The van der Waals surface area contributed by atoms with E-state index in [1.165, 1.54) is 13.2 Å². The monoisotopic (exact) mass is 283 g/mol. The molecular formula is C12H14FN3O2S. The highest BCUT2D eigenvalue weighted by atomic mass is 32.1. The summed E-state index contributed by atoms with van der Waals surface area (Å²) >= 11 is 5.12. The van der Waals surface area contributed by atoms with Gasteiger partial charge in [0.15, 0.2) is 10.6 Å². The van der Waals surface area contributed by atoms with E-state index in [0.29, 0.717) is 35.1 Å². The number of H-pyrrole nitrogens is 1. The minimum Gasteiger partial charge on any atom is -0.497 e. The summed E-state index contributed by atoms with van der Waals surface area (Å²) in [6.07, 6.45) is 0. The van der Waals surface area contributed by atoms with E-state index in [1.807, 2.05) is 0 Å². The Balaban J connectivity index is 2.44. The van der Waals surface area contributed by atoms with E-state index >= 15 is 0 Å². The van der Waals surface area contributed by atoms with Gasteiger partial charge in [0.05, 0.1) is 25.8 Å². The molecule has 0 unspecified atom stereocenters. The lowest BCUT2D eigenvalue weighted by Gasteiger charge is -2.08. The third kappa shape index (κ3) is 2.82. The molecule has 1 aromatic heterocycles. The zero-order valence-corrected chi connectivity index (χ0v) is 11.5. The Labute approximate surface area is 115 Å². The average molecular weight is 283 g/mol. The number of nitrogens with one attached hydrogen (secondary N) is 1. The third-order valence-corrected chi connectivity index (χ3v) is 3.01. The van der Waals surface area contributed by atoms with Crippen LogP contribution in [0.25, 0.3) is 11.4 Å². The molecule has 0 spiro atoms. The number of aromatic amines is 1. The van der Waals surface area contributed by atoms with Crippen LogP contribution in [0.1, 0.15) is 0 Å². The van der Waals surface area contributed by atoms with Crippen molar-refractivity contribution in [2.75, 3.05) is 20.8 Å². The molecule has 102 valence electrons. The lowest BCUT2D eigenvalue weighted by Crippen LogP contribution is -2.06. The molecule has 0 aliphatic rings. The van der Waals surface area contributed by atoms with Gasteiger partial charge in [0.2, 0.25) is 0 Å². The van der Waals surface area contributed by atoms with E-state index in [2.05, 4.69) is 10.2 Å². The fourth-order valence-electron chi connectivity index (χ4n) is 1.72. The number of hydrogen-bond donors (Lipinski definition) is 1. The van der Waals surface area contributed by atoms with Crippen LogP contribution in [0.3, 0.4) is 0 Å². The van der Waals surface area contributed by atoms with Crippen LogP contribution in [0.2, 0.25) is 0 Å². The number of rotatable bonds is 5. The van der Waals surface area contributed by atoms with E-state index in [4.69, 9.17) is 21.7 Å². The van der Waals surface area contributed by atoms with Gasteiger partial charge in [-0.25, -0.2) is 4.39 Å². The van der Waals surface area contributed by atoms with Gasteiger partial charge < -0.3 is 9.47 Å². The molecule has 0 amide bonds. The summed E-state index contributed by atoms with van der Waals surface area (Å²) in [4.78, 5) is 0. The molecule has 0 bridgehead atoms. The lowest BCUT2D eigenvalue weighted by atomic mass is 10.2. The molecule has 1 heterocycles. The van der Waals surface area contributed by atoms with Gasteiger partial charge in [-0.1, -0.05) is 0 Å². The highest BCUT2D eigenvalue weighted by molar-refractivity contribution is 7.71. The number of aromatic nitrogens is 3. The summed E-state index contributed by atoms with van der Waals surface area (Å²) in [7, 11) is 3.08. The third-order valence-electron chi connectivity index (χ3n) is 2.69. The van der Waals surface area contributed by atoms with Crippen molar-refractivity contribution in [2.45, 2.75) is 6.54 Å². The smallest absolute Gasteiger partial charge is 0.195 e. The Morgan fingerprint density at radius 3 is 2.84 bits per heavy atom. The number of ether oxygens (including phenoxy) is 2. The predicted octanol–water partition coefficient (Wildman–Crippen LogP) is 2.40. The Morgan fingerprint density at radius 2 is 2.21 bits per heavy atom. The maximum absolute atomic E-state index is 14.0. The van der Waals surface area contributed by atoms with Crippen molar-refractivity contribution in [1.29, 1.82) is 0 Å². The first-order valence-corrected chi connectivity index (χ1v) is 6.06. The van der Waals surface area contributed by atoms with Gasteiger partial charge in [-0.3, -0.25) is 9.67 Å². The molecule has 1 N–H and O–H groups in total. The number of benzene rings is 1. The minimum atomic E-state index is -0.410. The van der Waals surface area contributed by atoms with Crippen LogP contribution in [0.4, 0.5) is 4.39 Å². The highest BCUT2D eigenvalue weighted by Gasteiger charge is 2.13. The molecule has 7 heteroatoms. The molecule has 0 aliphatic heterocycles. The first-order chi connectivity index (χ1) is 9.17. The van der Waals surface area contributed by atoms with Crippen LogP contribution in [0, 0.1) is 10.6 Å². The minimum absolute atomic E-state index is 0.365. The SMILES string of the molecule is COCCn1c(-c2ccc(OC)cc2F)n[nH]c1=S. The average Bonchev–Trinajstić information content (AvgIpc) is 2.77. The van der Waals surface area contributed by atoms with Gasteiger partial charge in [0.1, 0.15) is 11.6 Å². The predicted molar refractivity (Wildman–Crippen MR) is 71.2 cm³/mol. The van der Waals surface area contributed by atoms with Crippen molar-refractivity contribution in [1.82, 2.24) is 14.8 Å². The summed E-state index contributed by atoms with van der Waals surface area (Å²) in [5.41, 5.74) is 0.365. The Morgan fingerprint density at radius 1 is 1.42 bits per heavy atom. The summed E-state index contributed by atoms with van der Waals surface area (Å²) < 4.78 is 26.1. The first kappa shape index (κ1) is 13.7. The van der Waals surface area contributed by atoms with E-state index in [-0.39, 0.29) is 0 Å². The van der Waals surface area contributed by atoms with E-state index in [9.17, 15) is 4.39 Å². The summed E-state index contributed by atoms with van der Waals surface area (Å²) in [5, 5.41) is 6.73. The van der Waals surface area contributed by atoms with Gasteiger partial charge in [0, 0.05) is 13.2 Å². The molecule has 0 aliphatic carbocycles. The number of halogens is 1. The lowest BCUT2D eigenvalue weighted by molar-refractivity contribution is 0.187. The van der Waals surface area contributed by atoms with Crippen LogP contribution in [0.15, 0.2) is 18.2 Å². The zero-order valence-electron chi connectivity index (χ0n) is 10.6. The molecular weight excluding hydrogens is 269 g/mol. The summed E-state index contributed by atoms with van der Waals surface area (Å²) in [5.74, 6) is 0.494. The fraction of sp³-hybridized carbons (Fsp3) is 0.333.